The Hall–Kier alpha value is -1.87. The van der Waals surface area contributed by atoms with Crippen molar-refractivity contribution in [3.63, 3.8) is 0 Å². The zero-order valence-electron chi connectivity index (χ0n) is 12.9. The number of benzene rings is 1. The summed E-state index contributed by atoms with van der Waals surface area (Å²) in [5, 5.41) is 2.62. The van der Waals surface area contributed by atoms with E-state index in [-0.39, 0.29) is 11.5 Å². The molecule has 1 amide bonds. The van der Waals surface area contributed by atoms with Crippen molar-refractivity contribution in [3.05, 3.63) is 17.9 Å². The topological polar surface area (TPSA) is 93.7 Å². The normalized spacial score (nSPS) is 18.9. The second-order valence-electron chi connectivity index (χ2n) is 5.10. The number of hydrogen-bond acceptors (Lipinski definition) is 5. The van der Waals surface area contributed by atoms with Crippen LogP contribution < -0.4 is 19.5 Å². The van der Waals surface area contributed by atoms with Gasteiger partial charge in [-0.25, -0.2) is 12.8 Å². The van der Waals surface area contributed by atoms with Crippen LogP contribution >= 0.6 is 0 Å². The number of ether oxygens (including phenoxy) is 2. The number of rotatable bonds is 5. The van der Waals surface area contributed by atoms with Gasteiger partial charge in [-0.1, -0.05) is 0 Å². The summed E-state index contributed by atoms with van der Waals surface area (Å²) in [5.41, 5.74) is 0. The molecule has 1 saturated heterocycles. The van der Waals surface area contributed by atoms with Gasteiger partial charge in [0.25, 0.3) is 0 Å². The monoisotopic (exact) mass is 346 g/mol. The third kappa shape index (κ3) is 3.91. The van der Waals surface area contributed by atoms with Crippen molar-refractivity contribution in [2.45, 2.75) is 30.2 Å². The number of amides is 1. The molecule has 1 aliphatic rings. The Morgan fingerprint density at radius 1 is 1.22 bits per heavy atom. The quantitative estimate of drug-likeness (QED) is 0.822. The number of carbonyl (C=O) groups excluding carboxylic acids is 1. The van der Waals surface area contributed by atoms with Crippen LogP contribution in [0.25, 0.3) is 0 Å². The average Bonchev–Trinajstić information content (AvgIpc) is 2.71. The second kappa shape index (κ2) is 7.14. The summed E-state index contributed by atoms with van der Waals surface area (Å²) < 4.78 is 51.1. The number of methoxy groups -OCH3 is 2. The lowest BCUT2D eigenvalue weighted by molar-refractivity contribution is -0.122. The molecule has 0 radical (unpaired) electrons. The standard InChI is InChI=1S/C14H19FN2O5S/c1-21-11-7-9(15)13(8-12(11)22-2)23(19,20)17-10-5-3-4-6-16-14(10)18/h7-8,10,17H,3-6H2,1-2H3,(H,16,18). The molecule has 1 aromatic rings. The van der Waals surface area contributed by atoms with E-state index in [1.54, 1.807) is 0 Å². The summed E-state index contributed by atoms with van der Waals surface area (Å²) in [6, 6.07) is 1.04. The second-order valence-corrected chi connectivity index (χ2v) is 6.78. The highest BCUT2D eigenvalue weighted by Crippen LogP contribution is 2.32. The summed E-state index contributed by atoms with van der Waals surface area (Å²) in [4.78, 5) is 11.3. The van der Waals surface area contributed by atoms with Crippen LogP contribution in [0.3, 0.4) is 0 Å². The predicted octanol–water partition coefficient (Wildman–Crippen LogP) is 0.790. The molecular weight excluding hydrogens is 327 g/mol. The Morgan fingerprint density at radius 2 is 1.87 bits per heavy atom. The Morgan fingerprint density at radius 3 is 2.52 bits per heavy atom. The van der Waals surface area contributed by atoms with Crippen molar-refractivity contribution in [2.75, 3.05) is 20.8 Å². The van der Waals surface area contributed by atoms with E-state index in [0.29, 0.717) is 19.4 Å². The molecular formula is C14H19FN2O5S. The lowest BCUT2D eigenvalue weighted by Crippen LogP contribution is -2.45. The number of hydrogen-bond donors (Lipinski definition) is 2. The third-order valence-electron chi connectivity index (χ3n) is 3.56. The van der Waals surface area contributed by atoms with Gasteiger partial charge in [0.15, 0.2) is 11.5 Å². The molecule has 1 heterocycles. The van der Waals surface area contributed by atoms with Gasteiger partial charge in [0, 0.05) is 18.7 Å². The molecule has 9 heteroatoms. The predicted molar refractivity (Wildman–Crippen MR) is 80.5 cm³/mol. The number of halogens is 1. The molecule has 1 aliphatic heterocycles. The molecule has 7 nitrogen and oxygen atoms in total. The minimum atomic E-state index is -4.22. The van der Waals surface area contributed by atoms with E-state index in [4.69, 9.17) is 9.47 Å². The van der Waals surface area contributed by atoms with E-state index in [1.165, 1.54) is 14.2 Å². The lowest BCUT2D eigenvalue weighted by atomic mass is 10.1. The van der Waals surface area contributed by atoms with Gasteiger partial charge in [0.2, 0.25) is 15.9 Å². The van der Waals surface area contributed by atoms with E-state index in [9.17, 15) is 17.6 Å². The first kappa shape index (κ1) is 17.5. The Kier molecular flexibility index (Phi) is 5.42. The van der Waals surface area contributed by atoms with Crippen molar-refractivity contribution in [1.82, 2.24) is 10.0 Å². The fourth-order valence-corrected chi connectivity index (χ4v) is 3.65. The van der Waals surface area contributed by atoms with E-state index in [2.05, 4.69) is 10.0 Å². The van der Waals surface area contributed by atoms with E-state index in [0.717, 1.165) is 18.6 Å². The average molecular weight is 346 g/mol. The molecule has 0 aromatic heterocycles. The first-order chi connectivity index (χ1) is 10.9. The van der Waals surface area contributed by atoms with Crippen LogP contribution in [0, 0.1) is 5.82 Å². The molecule has 23 heavy (non-hydrogen) atoms. The number of sulfonamides is 1. The summed E-state index contributed by atoms with van der Waals surface area (Å²) in [6.45, 7) is 0.502. The molecule has 1 aromatic carbocycles. The van der Waals surface area contributed by atoms with Crippen molar-refractivity contribution < 1.29 is 27.1 Å². The van der Waals surface area contributed by atoms with Gasteiger partial charge in [0.1, 0.15) is 16.8 Å². The van der Waals surface area contributed by atoms with Crippen LogP contribution in [0.4, 0.5) is 4.39 Å². The zero-order chi connectivity index (χ0) is 17.0. The summed E-state index contributed by atoms with van der Waals surface area (Å²) >= 11 is 0. The van der Waals surface area contributed by atoms with E-state index >= 15 is 0 Å². The van der Waals surface area contributed by atoms with Crippen LogP contribution in [0.5, 0.6) is 11.5 Å². The number of nitrogens with one attached hydrogen (secondary N) is 2. The minimum absolute atomic E-state index is 0.0798. The first-order valence-corrected chi connectivity index (χ1v) is 8.59. The third-order valence-corrected chi connectivity index (χ3v) is 5.05. The maximum atomic E-state index is 14.1. The van der Waals surface area contributed by atoms with Gasteiger partial charge >= 0.3 is 0 Å². The maximum absolute atomic E-state index is 14.1. The molecule has 0 bridgehead atoms. The molecule has 2 N–H and O–H groups in total. The van der Waals surface area contributed by atoms with Crippen molar-refractivity contribution in [1.29, 1.82) is 0 Å². The van der Waals surface area contributed by atoms with Crippen LogP contribution in [0.1, 0.15) is 19.3 Å². The van der Waals surface area contributed by atoms with Gasteiger partial charge in [-0.3, -0.25) is 4.79 Å². The highest BCUT2D eigenvalue weighted by atomic mass is 32.2. The van der Waals surface area contributed by atoms with Gasteiger partial charge in [-0.15, -0.1) is 0 Å². The summed E-state index contributed by atoms with van der Waals surface area (Å²) in [7, 11) is -1.58. The van der Waals surface area contributed by atoms with Gasteiger partial charge in [-0.05, 0) is 19.3 Å². The van der Waals surface area contributed by atoms with Crippen LogP contribution in [-0.4, -0.2) is 41.1 Å². The van der Waals surface area contributed by atoms with Gasteiger partial charge < -0.3 is 14.8 Å². The van der Waals surface area contributed by atoms with Crippen LogP contribution in [-0.2, 0) is 14.8 Å². The van der Waals surface area contributed by atoms with E-state index in [1.807, 2.05) is 0 Å². The van der Waals surface area contributed by atoms with E-state index < -0.39 is 32.7 Å². The highest BCUT2D eigenvalue weighted by Gasteiger charge is 2.29. The van der Waals surface area contributed by atoms with Crippen LogP contribution in [0.15, 0.2) is 17.0 Å². The fourth-order valence-electron chi connectivity index (χ4n) is 2.34. The molecule has 0 spiro atoms. The van der Waals surface area contributed by atoms with Crippen molar-refractivity contribution in [3.8, 4) is 11.5 Å². The van der Waals surface area contributed by atoms with Crippen molar-refractivity contribution >= 4 is 15.9 Å². The smallest absolute Gasteiger partial charge is 0.244 e. The highest BCUT2D eigenvalue weighted by molar-refractivity contribution is 7.89. The Balaban J connectivity index is 2.33. The minimum Gasteiger partial charge on any atom is -0.493 e. The SMILES string of the molecule is COc1cc(F)c(S(=O)(=O)NC2CCCCNC2=O)cc1OC. The molecule has 128 valence electrons. The molecule has 0 saturated carbocycles. The van der Waals surface area contributed by atoms with Gasteiger partial charge in [-0.2, -0.15) is 4.72 Å². The van der Waals surface area contributed by atoms with Crippen molar-refractivity contribution in [2.24, 2.45) is 0 Å². The lowest BCUT2D eigenvalue weighted by Gasteiger charge is -2.17. The number of carbonyl (C=O) groups is 1. The first-order valence-electron chi connectivity index (χ1n) is 7.10. The van der Waals surface area contributed by atoms with Gasteiger partial charge in [0.05, 0.1) is 14.2 Å². The molecule has 0 aliphatic carbocycles. The molecule has 1 atom stereocenters. The van der Waals surface area contributed by atoms with Crippen LogP contribution in [0.2, 0.25) is 0 Å². The fraction of sp³-hybridized carbons (Fsp3) is 0.500. The molecule has 1 fully saturated rings. The Bertz CT molecular complexity index is 693. The Labute approximate surface area is 134 Å². The summed E-state index contributed by atoms with van der Waals surface area (Å²) in [6.07, 6.45) is 1.83. The largest absolute Gasteiger partial charge is 0.493 e. The molecule has 1 unspecified atom stereocenters. The maximum Gasteiger partial charge on any atom is 0.244 e. The summed E-state index contributed by atoms with van der Waals surface area (Å²) in [5.74, 6) is -1.23. The molecule has 2 rings (SSSR count). The zero-order valence-corrected chi connectivity index (χ0v) is 13.7.